The van der Waals surface area contributed by atoms with Gasteiger partial charge in [0.1, 0.15) is 5.75 Å². The lowest BCUT2D eigenvalue weighted by atomic mass is 10.2. The fraction of sp³-hybridized carbons (Fsp3) is 0.286. The summed E-state index contributed by atoms with van der Waals surface area (Å²) in [5, 5.41) is 4.01. The number of hydrogen-bond acceptors (Lipinski definition) is 5. The number of ether oxygens (including phenoxy) is 1. The second-order valence-electron chi connectivity index (χ2n) is 6.61. The summed E-state index contributed by atoms with van der Waals surface area (Å²) in [5.41, 5.74) is 1.16. The van der Waals surface area contributed by atoms with Gasteiger partial charge in [-0.2, -0.15) is 0 Å². The molecule has 0 aliphatic heterocycles. The number of benzene rings is 2. The number of carbonyl (C=O) groups excluding carboxylic acids is 1. The molecule has 6 nitrogen and oxygen atoms in total. The number of thioether (sulfide) groups is 1. The largest absolute Gasteiger partial charge is 0.494 e. The molecule has 0 spiro atoms. The van der Waals surface area contributed by atoms with Gasteiger partial charge in [0.2, 0.25) is 5.91 Å². The Morgan fingerprint density at radius 3 is 2.68 bits per heavy atom. The molecule has 0 saturated heterocycles. The summed E-state index contributed by atoms with van der Waals surface area (Å²) in [6, 6.07) is 14.9. The number of nitrogens with zero attached hydrogens (tertiary/aromatic N) is 2. The molecule has 144 valence electrons. The van der Waals surface area contributed by atoms with E-state index < -0.39 is 0 Å². The lowest BCUT2D eigenvalue weighted by Crippen LogP contribution is -2.28. The molecule has 0 bridgehead atoms. The van der Waals surface area contributed by atoms with Crippen molar-refractivity contribution in [3.8, 4) is 11.4 Å². The van der Waals surface area contributed by atoms with Crippen molar-refractivity contribution in [2.45, 2.75) is 31.0 Å². The molecule has 0 atom stereocenters. The molecule has 1 aromatic heterocycles. The van der Waals surface area contributed by atoms with Crippen LogP contribution < -0.4 is 15.6 Å². The molecule has 1 aliphatic rings. The number of aromatic nitrogens is 2. The topological polar surface area (TPSA) is 73.2 Å². The Hall–Kier alpha value is -2.80. The van der Waals surface area contributed by atoms with E-state index in [1.165, 1.54) is 11.8 Å². The summed E-state index contributed by atoms with van der Waals surface area (Å²) in [7, 11) is 0. The molecule has 1 amide bonds. The van der Waals surface area contributed by atoms with Crippen LogP contribution in [-0.2, 0) is 4.79 Å². The van der Waals surface area contributed by atoms with Gasteiger partial charge in [-0.05, 0) is 56.2 Å². The van der Waals surface area contributed by atoms with Crippen LogP contribution in [0, 0.1) is 0 Å². The molecule has 2 aromatic carbocycles. The first-order valence-corrected chi connectivity index (χ1v) is 10.3. The van der Waals surface area contributed by atoms with Crippen molar-refractivity contribution >= 4 is 28.6 Å². The molecule has 28 heavy (non-hydrogen) atoms. The van der Waals surface area contributed by atoms with E-state index in [2.05, 4.69) is 10.3 Å². The highest BCUT2D eigenvalue weighted by atomic mass is 32.2. The molecule has 0 unspecified atom stereocenters. The predicted octanol–water partition coefficient (Wildman–Crippen LogP) is 3.16. The van der Waals surface area contributed by atoms with E-state index in [0.29, 0.717) is 34.4 Å². The molecule has 4 rings (SSSR count). The summed E-state index contributed by atoms with van der Waals surface area (Å²) in [6.45, 7) is 2.50. The maximum Gasteiger partial charge on any atom is 0.266 e. The van der Waals surface area contributed by atoms with Gasteiger partial charge in [-0.3, -0.25) is 14.2 Å². The van der Waals surface area contributed by atoms with Crippen LogP contribution in [0.15, 0.2) is 58.5 Å². The number of fused-ring (bicyclic) bond motifs is 1. The Morgan fingerprint density at radius 1 is 1.21 bits per heavy atom. The zero-order valence-electron chi connectivity index (χ0n) is 15.6. The molecule has 0 radical (unpaired) electrons. The van der Waals surface area contributed by atoms with Gasteiger partial charge in [0.15, 0.2) is 5.16 Å². The number of rotatable bonds is 7. The average Bonchev–Trinajstić information content (AvgIpc) is 3.52. The number of carbonyl (C=O) groups is 1. The maximum atomic E-state index is 13.2. The highest BCUT2D eigenvalue weighted by Crippen LogP contribution is 2.24. The third kappa shape index (κ3) is 4.04. The van der Waals surface area contributed by atoms with E-state index in [1.54, 1.807) is 10.6 Å². The van der Waals surface area contributed by atoms with Gasteiger partial charge in [0.25, 0.3) is 5.56 Å². The fourth-order valence-corrected chi connectivity index (χ4v) is 3.75. The van der Waals surface area contributed by atoms with Crippen LogP contribution in [0.1, 0.15) is 19.8 Å². The Kier molecular flexibility index (Phi) is 5.34. The minimum absolute atomic E-state index is 0.0341. The van der Waals surface area contributed by atoms with Crippen LogP contribution in [-0.4, -0.2) is 33.9 Å². The van der Waals surface area contributed by atoms with Gasteiger partial charge in [-0.15, -0.1) is 0 Å². The summed E-state index contributed by atoms with van der Waals surface area (Å²) in [6.07, 6.45) is 2.09. The smallest absolute Gasteiger partial charge is 0.266 e. The van der Waals surface area contributed by atoms with Crippen molar-refractivity contribution in [3.63, 3.8) is 0 Å². The monoisotopic (exact) mass is 395 g/mol. The van der Waals surface area contributed by atoms with E-state index in [-0.39, 0.29) is 17.2 Å². The molecule has 1 saturated carbocycles. The number of hydrogen-bond donors (Lipinski definition) is 1. The van der Waals surface area contributed by atoms with E-state index in [9.17, 15) is 9.59 Å². The SMILES string of the molecule is CCOc1ccc(-n2c(SCC(=O)NC3CC3)nc3ccccc3c2=O)cc1. The molecular weight excluding hydrogens is 374 g/mol. The number of amides is 1. The molecule has 1 N–H and O–H groups in total. The van der Waals surface area contributed by atoms with E-state index in [0.717, 1.165) is 18.6 Å². The fourth-order valence-electron chi connectivity index (χ4n) is 2.92. The van der Waals surface area contributed by atoms with Gasteiger partial charge in [-0.25, -0.2) is 4.98 Å². The number of para-hydroxylation sites is 1. The predicted molar refractivity (Wildman–Crippen MR) is 110 cm³/mol. The standard InChI is InChI=1S/C21H21N3O3S/c1-2-27-16-11-9-15(10-12-16)24-20(26)17-5-3-4-6-18(17)23-21(24)28-13-19(25)22-14-7-8-14/h3-6,9-12,14H,2,7-8,13H2,1H3,(H,22,25). The highest BCUT2D eigenvalue weighted by molar-refractivity contribution is 7.99. The molecule has 1 heterocycles. The molecule has 7 heteroatoms. The van der Waals surface area contributed by atoms with Crippen LogP contribution in [0.3, 0.4) is 0 Å². The van der Waals surface area contributed by atoms with Crippen molar-refractivity contribution in [2.24, 2.45) is 0 Å². The molecule has 1 fully saturated rings. The third-order valence-electron chi connectivity index (χ3n) is 4.43. The van der Waals surface area contributed by atoms with Crippen LogP contribution >= 0.6 is 11.8 Å². The van der Waals surface area contributed by atoms with E-state index >= 15 is 0 Å². The van der Waals surface area contributed by atoms with Crippen molar-refractivity contribution in [1.82, 2.24) is 14.9 Å². The minimum Gasteiger partial charge on any atom is -0.494 e. The van der Waals surface area contributed by atoms with Crippen LogP contribution in [0.2, 0.25) is 0 Å². The van der Waals surface area contributed by atoms with Crippen molar-refractivity contribution in [3.05, 3.63) is 58.9 Å². The quantitative estimate of drug-likeness (QED) is 0.491. The Bertz CT molecular complexity index is 1060. The van der Waals surface area contributed by atoms with Crippen LogP contribution in [0.4, 0.5) is 0 Å². The summed E-state index contributed by atoms with van der Waals surface area (Å²) < 4.78 is 7.05. The van der Waals surface area contributed by atoms with E-state index in [1.807, 2.05) is 49.4 Å². The Labute approximate surface area is 166 Å². The van der Waals surface area contributed by atoms with Crippen molar-refractivity contribution in [1.29, 1.82) is 0 Å². The van der Waals surface area contributed by atoms with Crippen molar-refractivity contribution in [2.75, 3.05) is 12.4 Å². The lowest BCUT2D eigenvalue weighted by Gasteiger charge is -2.14. The average molecular weight is 395 g/mol. The van der Waals surface area contributed by atoms with Crippen molar-refractivity contribution < 1.29 is 9.53 Å². The van der Waals surface area contributed by atoms with Gasteiger partial charge >= 0.3 is 0 Å². The third-order valence-corrected chi connectivity index (χ3v) is 5.36. The first-order chi connectivity index (χ1) is 13.7. The molecule has 3 aromatic rings. The minimum atomic E-state index is -0.153. The summed E-state index contributed by atoms with van der Waals surface area (Å²) in [5.74, 6) is 0.928. The van der Waals surface area contributed by atoms with E-state index in [4.69, 9.17) is 4.74 Å². The van der Waals surface area contributed by atoms with Gasteiger partial charge < -0.3 is 10.1 Å². The first kappa shape index (κ1) is 18.6. The second-order valence-corrected chi connectivity index (χ2v) is 7.55. The lowest BCUT2D eigenvalue weighted by molar-refractivity contribution is -0.118. The summed E-state index contributed by atoms with van der Waals surface area (Å²) >= 11 is 1.27. The van der Waals surface area contributed by atoms with Gasteiger partial charge in [-0.1, -0.05) is 23.9 Å². The Morgan fingerprint density at radius 2 is 1.96 bits per heavy atom. The molecular formula is C21H21N3O3S. The second kappa shape index (κ2) is 8.06. The molecule has 1 aliphatic carbocycles. The van der Waals surface area contributed by atoms with Gasteiger partial charge in [0.05, 0.1) is 29.0 Å². The normalized spacial score (nSPS) is 13.5. The number of nitrogens with one attached hydrogen (secondary N) is 1. The van der Waals surface area contributed by atoms with Gasteiger partial charge in [0, 0.05) is 6.04 Å². The first-order valence-electron chi connectivity index (χ1n) is 9.33. The maximum absolute atomic E-state index is 13.2. The highest BCUT2D eigenvalue weighted by Gasteiger charge is 2.23. The zero-order chi connectivity index (χ0) is 19.5. The van der Waals surface area contributed by atoms with Crippen LogP contribution in [0.5, 0.6) is 5.75 Å². The van der Waals surface area contributed by atoms with Crippen LogP contribution in [0.25, 0.3) is 16.6 Å². The summed E-state index contributed by atoms with van der Waals surface area (Å²) in [4.78, 5) is 29.9. The zero-order valence-corrected chi connectivity index (χ0v) is 16.4. The Balaban J connectivity index is 1.72.